The molecule has 1 rings (SSSR count). The molecule has 90 valence electrons. The van der Waals surface area contributed by atoms with Gasteiger partial charge in [0.25, 0.3) is 0 Å². The normalized spacial score (nSPS) is 12.8. The van der Waals surface area contributed by atoms with Crippen LogP contribution in [0.3, 0.4) is 0 Å². The molecule has 1 nitrogen and oxygen atoms in total. The molecule has 1 aromatic rings. The number of aryl methyl sites for hydroxylation is 1. The highest BCUT2D eigenvalue weighted by molar-refractivity contribution is 9.10. The molecule has 1 atom stereocenters. The van der Waals surface area contributed by atoms with E-state index in [9.17, 15) is 0 Å². The summed E-state index contributed by atoms with van der Waals surface area (Å²) in [5.41, 5.74) is 2.72. The summed E-state index contributed by atoms with van der Waals surface area (Å²) in [5.74, 6) is 0. The van der Waals surface area contributed by atoms with Crippen molar-refractivity contribution >= 4 is 15.9 Å². The van der Waals surface area contributed by atoms with E-state index in [2.05, 4.69) is 53.3 Å². The number of benzene rings is 1. The fourth-order valence-corrected chi connectivity index (χ4v) is 2.21. The third-order valence-corrected chi connectivity index (χ3v) is 3.92. The van der Waals surface area contributed by atoms with Crippen LogP contribution in [0.15, 0.2) is 22.7 Å². The van der Waals surface area contributed by atoms with E-state index in [0.29, 0.717) is 6.04 Å². The molecule has 0 bridgehead atoms. The van der Waals surface area contributed by atoms with Crippen LogP contribution in [0.2, 0.25) is 0 Å². The highest BCUT2D eigenvalue weighted by atomic mass is 79.9. The SMILES string of the molecule is CCCCCC(NC)c1ccc(Br)c(C)c1. The first-order valence-electron chi connectivity index (χ1n) is 6.12. The van der Waals surface area contributed by atoms with Gasteiger partial charge in [0.15, 0.2) is 0 Å². The minimum Gasteiger partial charge on any atom is -0.313 e. The Balaban J connectivity index is 2.67. The van der Waals surface area contributed by atoms with Gasteiger partial charge in [0.2, 0.25) is 0 Å². The molecule has 2 heteroatoms. The highest BCUT2D eigenvalue weighted by Gasteiger charge is 2.09. The average Bonchev–Trinajstić information content (AvgIpc) is 2.29. The zero-order chi connectivity index (χ0) is 12.0. The number of hydrogen-bond acceptors (Lipinski definition) is 1. The van der Waals surface area contributed by atoms with E-state index >= 15 is 0 Å². The van der Waals surface area contributed by atoms with Gasteiger partial charge in [-0.3, -0.25) is 0 Å². The molecule has 16 heavy (non-hydrogen) atoms. The first-order chi connectivity index (χ1) is 7.69. The van der Waals surface area contributed by atoms with Gasteiger partial charge in [0.05, 0.1) is 0 Å². The van der Waals surface area contributed by atoms with E-state index in [0.717, 1.165) is 0 Å². The second-order valence-corrected chi connectivity index (χ2v) is 5.20. The van der Waals surface area contributed by atoms with Crippen molar-refractivity contribution in [3.05, 3.63) is 33.8 Å². The summed E-state index contributed by atoms with van der Waals surface area (Å²) >= 11 is 3.54. The average molecular weight is 284 g/mol. The summed E-state index contributed by atoms with van der Waals surface area (Å²) in [6, 6.07) is 7.13. The molecule has 0 aromatic heterocycles. The maximum atomic E-state index is 3.54. The Kier molecular flexibility index (Phi) is 6.07. The van der Waals surface area contributed by atoms with Crippen LogP contribution >= 0.6 is 15.9 Å². The zero-order valence-electron chi connectivity index (χ0n) is 10.5. The predicted octanol–water partition coefficient (Wildman–Crippen LogP) is 4.60. The lowest BCUT2D eigenvalue weighted by Crippen LogP contribution is -2.16. The number of halogens is 1. The number of nitrogens with one attached hydrogen (secondary N) is 1. The van der Waals surface area contributed by atoms with Gasteiger partial charge in [-0.05, 0) is 37.6 Å². The Morgan fingerprint density at radius 3 is 2.62 bits per heavy atom. The van der Waals surface area contributed by atoms with Crippen molar-refractivity contribution in [2.24, 2.45) is 0 Å². The maximum absolute atomic E-state index is 3.54. The van der Waals surface area contributed by atoms with Crippen LogP contribution in [0, 0.1) is 6.92 Å². The van der Waals surface area contributed by atoms with Gasteiger partial charge in [0, 0.05) is 10.5 Å². The lowest BCUT2D eigenvalue weighted by molar-refractivity contribution is 0.511. The Morgan fingerprint density at radius 1 is 1.31 bits per heavy atom. The molecule has 1 aromatic carbocycles. The van der Waals surface area contributed by atoms with Crippen LogP contribution in [0.25, 0.3) is 0 Å². The van der Waals surface area contributed by atoms with Gasteiger partial charge in [-0.25, -0.2) is 0 Å². The fraction of sp³-hybridized carbons (Fsp3) is 0.571. The quantitative estimate of drug-likeness (QED) is 0.753. The molecule has 1 unspecified atom stereocenters. The zero-order valence-corrected chi connectivity index (χ0v) is 12.1. The molecule has 1 N–H and O–H groups in total. The van der Waals surface area contributed by atoms with Crippen molar-refractivity contribution in [3.63, 3.8) is 0 Å². The Hall–Kier alpha value is -0.340. The van der Waals surface area contributed by atoms with Gasteiger partial charge in [0.1, 0.15) is 0 Å². The molecular weight excluding hydrogens is 262 g/mol. The smallest absolute Gasteiger partial charge is 0.0317 e. The Morgan fingerprint density at radius 2 is 2.06 bits per heavy atom. The molecule has 0 aliphatic carbocycles. The molecule has 0 heterocycles. The van der Waals surface area contributed by atoms with Gasteiger partial charge in [-0.1, -0.05) is 54.2 Å². The van der Waals surface area contributed by atoms with E-state index in [4.69, 9.17) is 0 Å². The van der Waals surface area contributed by atoms with Crippen molar-refractivity contribution in [2.75, 3.05) is 7.05 Å². The molecule has 0 amide bonds. The third-order valence-electron chi connectivity index (χ3n) is 3.03. The van der Waals surface area contributed by atoms with Crippen LogP contribution in [0.1, 0.15) is 49.8 Å². The van der Waals surface area contributed by atoms with E-state index in [1.165, 1.54) is 41.3 Å². The predicted molar refractivity (Wildman–Crippen MR) is 74.8 cm³/mol. The third kappa shape index (κ3) is 3.91. The van der Waals surface area contributed by atoms with E-state index in [1.54, 1.807) is 0 Å². The van der Waals surface area contributed by atoms with Crippen LogP contribution in [-0.4, -0.2) is 7.05 Å². The lowest BCUT2D eigenvalue weighted by atomic mass is 9.99. The Bertz CT molecular complexity index is 323. The van der Waals surface area contributed by atoms with E-state index in [-0.39, 0.29) is 0 Å². The first-order valence-corrected chi connectivity index (χ1v) is 6.91. The first kappa shape index (κ1) is 13.7. The highest BCUT2D eigenvalue weighted by Crippen LogP contribution is 2.24. The molecule has 0 radical (unpaired) electrons. The summed E-state index contributed by atoms with van der Waals surface area (Å²) < 4.78 is 1.19. The monoisotopic (exact) mass is 283 g/mol. The van der Waals surface area contributed by atoms with E-state index < -0.39 is 0 Å². The van der Waals surface area contributed by atoms with Gasteiger partial charge in [-0.2, -0.15) is 0 Å². The van der Waals surface area contributed by atoms with Crippen molar-refractivity contribution in [3.8, 4) is 0 Å². The van der Waals surface area contributed by atoms with Crippen molar-refractivity contribution in [1.29, 1.82) is 0 Å². The molecule has 0 spiro atoms. The second-order valence-electron chi connectivity index (χ2n) is 4.35. The molecule has 0 fully saturated rings. The maximum Gasteiger partial charge on any atom is 0.0317 e. The summed E-state index contributed by atoms with van der Waals surface area (Å²) in [4.78, 5) is 0. The minimum absolute atomic E-state index is 0.498. The molecule has 0 aliphatic rings. The van der Waals surface area contributed by atoms with Crippen LogP contribution in [-0.2, 0) is 0 Å². The van der Waals surface area contributed by atoms with Gasteiger partial charge < -0.3 is 5.32 Å². The van der Waals surface area contributed by atoms with Crippen molar-refractivity contribution in [1.82, 2.24) is 5.32 Å². The van der Waals surface area contributed by atoms with E-state index in [1.807, 2.05) is 7.05 Å². The topological polar surface area (TPSA) is 12.0 Å². The summed E-state index contributed by atoms with van der Waals surface area (Å²) in [5, 5.41) is 3.41. The summed E-state index contributed by atoms with van der Waals surface area (Å²) in [6.07, 6.45) is 5.14. The van der Waals surface area contributed by atoms with Crippen molar-refractivity contribution < 1.29 is 0 Å². The minimum atomic E-state index is 0.498. The van der Waals surface area contributed by atoms with Gasteiger partial charge in [-0.15, -0.1) is 0 Å². The lowest BCUT2D eigenvalue weighted by Gasteiger charge is -2.17. The number of hydrogen-bond donors (Lipinski definition) is 1. The standard InChI is InChI=1S/C14H22BrN/c1-4-5-6-7-14(16-3)12-8-9-13(15)11(2)10-12/h8-10,14,16H,4-7H2,1-3H3. The molecule has 0 saturated carbocycles. The van der Waals surface area contributed by atoms with Crippen molar-refractivity contribution in [2.45, 2.75) is 45.6 Å². The van der Waals surface area contributed by atoms with Crippen LogP contribution in [0.5, 0.6) is 0 Å². The number of rotatable bonds is 6. The van der Waals surface area contributed by atoms with Crippen LogP contribution in [0.4, 0.5) is 0 Å². The molecule has 0 saturated heterocycles. The summed E-state index contributed by atoms with van der Waals surface area (Å²) in [6.45, 7) is 4.39. The Labute approximate surface area is 108 Å². The second kappa shape index (κ2) is 7.08. The molecular formula is C14H22BrN. The largest absolute Gasteiger partial charge is 0.313 e. The van der Waals surface area contributed by atoms with Crippen LogP contribution < -0.4 is 5.32 Å². The fourth-order valence-electron chi connectivity index (χ4n) is 1.96. The number of unbranched alkanes of at least 4 members (excludes halogenated alkanes) is 2. The summed E-state index contributed by atoms with van der Waals surface area (Å²) in [7, 11) is 2.05. The molecule has 0 aliphatic heterocycles. The van der Waals surface area contributed by atoms with Gasteiger partial charge >= 0.3 is 0 Å².